The second-order valence-electron chi connectivity index (χ2n) is 6.06. The first kappa shape index (κ1) is 16.5. The number of halogens is 1. The Morgan fingerprint density at radius 1 is 1.04 bits per heavy atom. The average molecular weight is 366 g/mol. The summed E-state index contributed by atoms with van der Waals surface area (Å²) in [6.07, 6.45) is 0. The van der Waals surface area contributed by atoms with Crippen LogP contribution in [0.4, 0.5) is 5.69 Å². The molecule has 0 aliphatic rings. The summed E-state index contributed by atoms with van der Waals surface area (Å²) in [5.41, 5.74) is 3.22. The maximum absolute atomic E-state index is 12.2. The zero-order valence-electron chi connectivity index (χ0n) is 14.1. The van der Waals surface area contributed by atoms with Gasteiger partial charge in [-0.2, -0.15) is 0 Å². The minimum atomic E-state index is -0.232. The summed E-state index contributed by atoms with van der Waals surface area (Å²) in [7, 11) is 0. The Balaban J connectivity index is 1.48. The summed E-state index contributed by atoms with van der Waals surface area (Å²) in [5.74, 6) is 0.378. The highest BCUT2D eigenvalue weighted by molar-refractivity contribution is 6.31. The molecule has 0 aliphatic carbocycles. The second kappa shape index (κ2) is 6.73. The van der Waals surface area contributed by atoms with E-state index in [1.54, 1.807) is 18.2 Å². The van der Waals surface area contributed by atoms with Gasteiger partial charge in [0.05, 0.1) is 0 Å². The molecule has 5 heteroatoms. The highest BCUT2D eigenvalue weighted by Crippen LogP contribution is 2.30. The molecule has 0 bridgehead atoms. The van der Waals surface area contributed by atoms with Crippen molar-refractivity contribution in [1.29, 1.82) is 0 Å². The van der Waals surface area contributed by atoms with Crippen molar-refractivity contribution < 1.29 is 13.9 Å². The minimum Gasteiger partial charge on any atom is -0.484 e. The number of carbonyl (C=O) groups is 1. The van der Waals surface area contributed by atoms with Crippen LogP contribution in [-0.4, -0.2) is 12.5 Å². The average Bonchev–Trinajstić information content (AvgIpc) is 3.01. The smallest absolute Gasteiger partial charge is 0.262 e. The van der Waals surface area contributed by atoms with Crippen LogP contribution in [0.3, 0.4) is 0 Å². The van der Waals surface area contributed by atoms with Crippen molar-refractivity contribution in [2.45, 2.75) is 6.92 Å². The lowest BCUT2D eigenvalue weighted by Crippen LogP contribution is -2.20. The lowest BCUT2D eigenvalue weighted by atomic mass is 10.1. The molecule has 1 N–H and O–H groups in total. The van der Waals surface area contributed by atoms with Crippen LogP contribution >= 0.6 is 11.6 Å². The van der Waals surface area contributed by atoms with Crippen molar-refractivity contribution in [3.63, 3.8) is 0 Å². The highest BCUT2D eigenvalue weighted by Gasteiger charge is 2.09. The molecule has 0 fully saturated rings. The largest absolute Gasteiger partial charge is 0.484 e. The van der Waals surface area contributed by atoms with E-state index in [0.717, 1.165) is 27.5 Å². The third kappa shape index (κ3) is 3.24. The number of nitrogens with one attached hydrogen (secondary N) is 1. The number of anilines is 1. The van der Waals surface area contributed by atoms with E-state index in [2.05, 4.69) is 5.32 Å². The van der Waals surface area contributed by atoms with Crippen LogP contribution in [0, 0.1) is 6.92 Å². The highest BCUT2D eigenvalue weighted by atomic mass is 35.5. The molecule has 0 aliphatic heterocycles. The van der Waals surface area contributed by atoms with Gasteiger partial charge in [-0.25, -0.2) is 0 Å². The zero-order valence-corrected chi connectivity index (χ0v) is 14.8. The molecule has 26 heavy (non-hydrogen) atoms. The maximum Gasteiger partial charge on any atom is 0.262 e. The predicted molar refractivity (Wildman–Crippen MR) is 104 cm³/mol. The molecule has 4 aromatic rings. The Morgan fingerprint density at radius 2 is 1.85 bits per heavy atom. The van der Waals surface area contributed by atoms with Crippen LogP contribution in [0.25, 0.3) is 21.9 Å². The quantitative estimate of drug-likeness (QED) is 0.514. The van der Waals surface area contributed by atoms with Crippen molar-refractivity contribution in [3.8, 4) is 5.75 Å². The van der Waals surface area contributed by atoms with E-state index in [4.69, 9.17) is 20.8 Å². The molecule has 130 valence electrons. The maximum atomic E-state index is 12.2. The van der Waals surface area contributed by atoms with Crippen LogP contribution < -0.4 is 10.1 Å². The lowest BCUT2D eigenvalue weighted by molar-refractivity contribution is -0.118. The number of aryl methyl sites for hydroxylation is 1. The van der Waals surface area contributed by atoms with Crippen LogP contribution in [-0.2, 0) is 4.79 Å². The minimum absolute atomic E-state index is 0.0781. The van der Waals surface area contributed by atoms with Gasteiger partial charge in [0.15, 0.2) is 6.61 Å². The first-order chi connectivity index (χ1) is 12.6. The van der Waals surface area contributed by atoms with Gasteiger partial charge in [-0.3, -0.25) is 4.79 Å². The standard InChI is InChI=1S/C21H16ClNO3/c1-13-10-15(7-8-18(13)22)25-12-21(24)23-14-6-9-20-17(11-14)16-4-2-3-5-19(16)26-20/h2-11H,12H2,1H3,(H,23,24). The van der Waals surface area contributed by atoms with E-state index < -0.39 is 0 Å². The fraction of sp³-hybridized carbons (Fsp3) is 0.0952. The van der Waals surface area contributed by atoms with E-state index in [1.807, 2.05) is 49.4 Å². The van der Waals surface area contributed by atoms with Gasteiger partial charge in [-0.15, -0.1) is 0 Å². The Bertz CT molecular complexity index is 1120. The van der Waals surface area contributed by atoms with Gasteiger partial charge in [0.2, 0.25) is 0 Å². The summed E-state index contributed by atoms with van der Waals surface area (Å²) in [6, 6.07) is 18.7. The third-order valence-electron chi connectivity index (χ3n) is 4.16. The van der Waals surface area contributed by atoms with Gasteiger partial charge in [0, 0.05) is 21.5 Å². The summed E-state index contributed by atoms with van der Waals surface area (Å²) < 4.78 is 11.3. The monoisotopic (exact) mass is 365 g/mol. The Morgan fingerprint density at radius 3 is 2.69 bits per heavy atom. The lowest BCUT2D eigenvalue weighted by Gasteiger charge is -2.08. The summed E-state index contributed by atoms with van der Waals surface area (Å²) in [4.78, 5) is 12.2. The molecule has 0 spiro atoms. The van der Waals surface area contributed by atoms with Crippen LogP contribution in [0.15, 0.2) is 65.1 Å². The van der Waals surface area contributed by atoms with Gasteiger partial charge in [0.25, 0.3) is 5.91 Å². The Labute approximate surface area is 155 Å². The van der Waals surface area contributed by atoms with Crippen molar-refractivity contribution >= 4 is 45.1 Å². The van der Waals surface area contributed by atoms with Crippen molar-refractivity contribution in [1.82, 2.24) is 0 Å². The van der Waals surface area contributed by atoms with E-state index in [9.17, 15) is 4.79 Å². The van der Waals surface area contributed by atoms with Crippen LogP contribution in [0.1, 0.15) is 5.56 Å². The van der Waals surface area contributed by atoms with Gasteiger partial charge >= 0.3 is 0 Å². The number of ether oxygens (including phenoxy) is 1. The molecule has 0 atom stereocenters. The first-order valence-electron chi connectivity index (χ1n) is 8.20. The fourth-order valence-corrected chi connectivity index (χ4v) is 2.97. The van der Waals surface area contributed by atoms with E-state index in [1.165, 1.54) is 0 Å². The number of furan rings is 1. The van der Waals surface area contributed by atoms with Crippen molar-refractivity contribution in [2.24, 2.45) is 0 Å². The van der Waals surface area contributed by atoms with Crippen molar-refractivity contribution in [3.05, 3.63) is 71.2 Å². The number of hydrogen-bond acceptors (Lipinski definition) is 3. The van der Waals surface area contributed by atoms with E-state index in [-0.39, 0.29) is 12.5 Å². The Kier molecular flexibility index (Phi) is 4.27. The molecule has 0 radical (unpaired) electrons. The van der Waals surface area contributed by atoms with Gasteiger partial charge < -0.3 is 14.5 Å². The Hall–Kier alpha value is -2.98. The van der Waals surface area contributed by atoms with Gasteiger partial charge in [0.1, 0.15) is 16.9 Å². The van der Waals surface area contributed by atoms with Gasteiger partial charge in [-0.05, 0) is 55.0 Å². The molecular formula is C21H16ClNO3. The number of benzene rings is 3. The fourth-order valence-electron chi connectivity index (χ4n) is 2.86. The van der Waals surface area contributed by atoms with Crippen LogP contribution in [0.2, 0.25) is 5.02 Å². The summed E-state index contributed by atoms with van der Waals surface area (Å²) in [6.45, 7) is 1.81. The van der Waals surface area contributed by atoms with Crippen LogP contribution in [0.5, 0.6) is 5.75 Å². The number of para-hydroxylation sites is 1. The topological polar surface area (TPSA) is 51.5 Å². The molecule has 4 rings (SSSR count). The zero-order chi connectivity index (χ0) is 18.1. The third-order valence-corrected chi connectivity index (χ3v) is 4.58. The molecular weight excluding hydrogens is 350 g/mol. The predicted octanol–water partition coefficient (Wildman–Crippen LogP) is 5.57. The second-order valence-corrected chi connectivity index (χ2v) is 6.46. The number of amides is 1. The number of rotatable bonds is 4. The summed E-state index contributed by atoms with van der Waals surface area (Å²) >= 11 is 5.99. The molecule has 3 aromatic carbocycles. The first-order valence-corrected chi connectivity index (χ1v) is 8.58. The van der Waals surface area contributed by atoms with Crippen molar-refractivity contribution in [2.75, 3.05) is 11.9 Å². The molecule has 1 aromatic heterocycles. The van der Waals surface area contributed by atoms with E-state index >= 15 is 0 Å². The number of fused-ring (bicyclic) bond motifs is 3. The normalized spacial score (nSPS) is 11.0. The SMILES string of the molecule is Cc1cc(OCC(=O)Nc2ccc3oc4ccccc4c3c2)ccc1Cl. The molecule has 0 saturated carbocycles. The van der Waals surface area contributed by atoms with E-state index in [0.29, 0.717) is 16.5 Å². The number of carbonyl (C=O) groups excluding carboxylic acids is 1. The number of hydrogen-bond donors (Lipinski definition) is 1. The molecule has 0 saturated heterocycles. The molecule has 0 unspecified atom stereocenters. The van der Waals surface area contributed by atoms with Gasteiger partial charge in [-0.1, -0.05) is 29.8 Å². The molecule has 1 amide bonds. The molecule has 4 nitrogen and oxygen atoms in total. The molecule has 1 heterocycles. The summed E-state index contributed by atoms with van der Waals surface area (Å²) in [5, 5.41) is 5.51.